The molecule has 2 heterocycles. The number of carbonyl (C=O) groups is 1. The second-order valence-electron chi connectivity index (χ2n) is 7.70. The van der Waals surface area contributed by atoms with E-state index in [1.807, 2.05) is 60.5 Å². The highest BCUT2D eigenvalue weighted by molar-refractivity contribution is 5.77. The Balaban J connectivity index is 1.28. The number of imidazole rings is 1. The lowest BCUT2D eigenvalue weighted by molar-refractivity contribution is -0.134. The van der Waals surface area contributed by atoms with E-state index in [1.54, 1.807) is 0 Å². The van der Waals surface area contributed by atoms with Crippen molar-refractivity contribution in [3.8, 4) is 17.1 Å². The van der Waals surface area contributed by atoms with E-state index in [1.165, 1.54) is 0 Å². The monoisotopic (exact) mass is 389 g/mol. The fourth-order valence-corrected chi connectivity index (χ4v) is 3.89. The molecule has 1 amide bonds. The highest BCUT2D eigenvalue weighted by Crippen LogP contribution is 2.23. The van der Waals surface area contributed by atoms with Crippen LogP contribution in [0.25, 0.3) is 11.4 Å². The molecule has 0 N–H and O–H groups in total. The van der Waals surface area contributed by atoms with Gasteiger partial charge in [-0.15, -0.1) is 0 Å². The number of nitrogens with zero attached hydrogens (tertiary/aromatic N) is 3. The number of aryl methyl sites for hydroxylation is 1. The van der Waals surface area contributed by atoms with Crippen molar-refractivity contribution in [2.24, 2.45) is 5.92 Å². The highest BCUT2D eigenvalue weighted by atomic mass is 16.5. The number of rotatable bonds is 6. The van der Waals surface area contributed by atoms with Crippen molar-refractivity contribution in [1.82, 2.24) is 14.5 Å². The van der Waals surface area contributed by atoms with Crippen molar-refractivity contribution < 1.29 is 9.53 Å². The molecule has 2 aromatic carbocycles. The van der Waals surface area contributed by atoms with E-state index in [0.717, 1.165) is 55.2 Å². The van der Waals surface area contributed by atoms with Gasteiger partial charge in [-0.25, -0.2) is 4.98 Å². The van der Waals surface area contributed by atoms with Crippen LogP contribution in [0, 0.1) is 12.8 Å². The van der Waals surface area contributed by atoms with E-state index >= 15 is 0 Å². The van der Waals surface area contributed by atoms with E-state index in [0.29, 0.717) is 5.92 Å². The molecule has 0 atom stereocenters. The number of likely N-dealkylation sites (tertiary alicyclic amines) is 1. The van der Waals surface area contributed by atoms with Gasteiger partial charge in [0.25, 0.3) is 5.91 Å². The van der Waals surface area contributed by atoms with Crippen molar-refractivity contribution in [2.45, 2.75) is 26.3 Å². The van der Waals surface area contributed by atoms with Gasteiger partial charge in [0.05, 0.1) is 0 Å². The quantitative estimate of drug-likeness (QED) is 0.636. The number of piperidine rings is 1. The molecule has 0 aliphatic carbocycles. The summed E-state index contributed by atoms with van der Waals surface area (Å²) in [5.74, 6) is 2.38. The van der Waals surface area contributed by atoms with Crippen LogP contribution in [-0.2, 0) is 11.3 Å². The van der Waals surface area contributed by atoms with Gasteiger partial charge in [0.1, 0.15) is 11.6 Å². The lowest BCUT2D eigenvalue weighted by Crippen LogP contribution is -2.41. The predicted octanol–water partition coefficient (Wildman–Crippen LogP) is 4.18. The molecule has 1 aliphatic rings. The number of benzene rings is 2. The molecule has 29 heavy (non-hydrogen) atoms. The Bertz CT molecular complexity index is 944. The molecular weight excluding hydrogens is 362 g/mol. The molecule has 5 nitrogen and oxygen atoms in total. The smallest absolute Gasteiger partial charge is 0.260 e. The Hall–Kier alpha value is -3.08. The maximum absolute atomic E-state index is 12.5. The summed E-state index contributed by atoms with van der Waals surface area (Å²) in [7, 11) is 0. The first-order chi connectivity index (χ1) is 14.2. The average Bonchev–Trinajstić information content (AvgIpc) is 3.21. The zero-order valence-electron chi connectivity index (χ0n) is 16.8. The third-order valence-corrected chi connectivity index (χ3v) is 5.52. The summed E-state index contributed by atoms with van der Waals surface area (Å²) in [5.41, 5.74) is 2.27. The van der Waals surface area contributed by atoms with E-state index in [2.05, 4.69) is 27.9 Å². The highest BCUT2D eigenvalue weighted by Gasteiger charge is 2.24. The molecule has 0 bridgehead atoms. The van der Waals surface area contributed by atoms with Gasteiger partial charge in [-0.3, -0.25) is 4.79 Å². The number of hydrogen-bond acceptors (Lipinski definition) is 3. The van der Waals surface area contributed by atoms with Crippen molar-refractivity contribution in [3.63, 3.8) is 0 Å². The van der Waals surface area contributed by atoms with Crippen LogP contribution in [0.1, 0.15) is 18.4 Å². The van der Waals surface area contributed by atoms with Crippen LogP contribution < -0.4 is 4.74 Å². The summed E-state index contributed by atoms with van der Waals surface area (Å²) in [6, 6.07) is 18.1. The topological polar surface area (TPSA) is 47.4 Å². The summed E-state index contributed by atoms with van der Waals surface area (Å²) in [5, 5.41) is 0. The number of ether oxygens (including phenoxy) is 1. The minimum atomic E-state index is 0.0672. The predicted molar refractivity (Wildman–Crippen MR) is 114 cm³/mol. The fourth-order valence-electron chi connectivity index (χ4n) is 3.89. The molecule has 0 saturated carbocycles. The molecule has 1 saturated heterocycles. The van der Waals surface area contributed by atoms with Crippen LogP contribution in [0.15, 0.2) is 67.0 Å². The maximum atomic E-state index is 12.5. The van der Waals surface area contributed by atoms with Crippen LogP contribution >= 0.6 is 0 Å². The van der Waals surface area contributed by atoms with Crippen molar-refractivity contribution >= 4 is 5.91 Å². The molecule has 0 radical (unpaired) electrons. The number of carbonyl (C=O) groups excluding carboxylic acids is 1. The Morgan fingerprint density at radius 3 is 2.66 bits per heavy atom. The number of aromatic nitrogens is 2. The Kier molecular flexibility index (Phi) is 5.94. The van der Waals surface area contributed by atoms with Crippen molar-refractivity contribution in [2.75, 3.05) is 19.7 Å². The van der Waals surface area contributed by atoms with Gasteiger partial charge >= 0.3 is 0 Å². The van der Waals surface area contributed by atoms with E-state index < -0.39 is 0 Å². The van der Waals surface area contributed by atoms with Crippen LogP contribution in [0.5, 0.6) is 5.75 Å². The third-order valence-electron chi connectivity index (χ3n) is 5.52. The van der Waals surface area contributed by atoms with Gasteiger partial charge in [-0.05, 0) is 43.4 Å². The zero-order chi connectivity index (χ0) is 20.1. The largest absolute Gasteiger partial charge is 0.484 e. The van der Waals surface area contributed by atoms with Crippen molar-refractivity contribution in [3.05, 3.63) is 72.6 Å². The normalized spacial score (nSPS) is 14.7. The van der Waals surface area contributed by atoms with E-state index in [9.17, 15) is 4.79 Å². The van der Waals surface area contributed by atoms with E-state index in [-0.39, 0.29) is 12.5 Å². The molecule has 1 aromatic heterocycles. The van der Waals surface area contributed by atoms with Crippen LogP contribution in [0.2, 0.25) is 0 Å². The molecule has 150 valence electrons. The fraction of sp³-hybridized carbons (Fsp3) is 0.333. The second kappa shape index (κ2) is 8.95. The second-order valence-corrected chi connectivity index (χ2v) is 7.70. The molecule has 1 fully saturated rings. The lowest BCUT2D eigenvalue weighted by atomic mass is 9.96. The molecular formula is C24H27N3O2. The standard InChI is InChI=1S/C24H27N3O2/c1-19-6-5-9-22(16-19)29-18-23(28)26-13-10-20(11-14-26)17-27-15-12-25-24(27)21-7-3-2-4-8-21/h2-9,12,15-16,20H,10-11,13-14,17-18H2,1H3. The van der Waals surface area contributed by atoms with Crippen LogP contribution in [0.4, 0.5) is 0 Å². The van der Waals surface area contributed by atoms with Gasteiger partial charge in [-0.2, -0.15) is 0 Å². The number of hydrogen-bond donors (Lipinski definition) is 0. The number of amides is 1. The molecule has 0 spiro atoms. The first-order valence-electron chi connectivity index (χ1n) is 10.2. The molecule has 3 aromatic rings. The summed E-state index contributed by atoms with van der Waals surface area (Å²) < 4.78 is 7.91. The van der Waals surface area contributed by atoms with Crippen molar-refractivity contribution in [1.29, 1.82) is 0 Å². The van der Waals surface area contributed by atoms with E-state index in [4.69, 9.17) is 4.74 Å². The minimum absolute atomic E-state index is 0.0672. The Morgan fingerprint density at radius 1 is 1.10 bits per heavy atom. The average molecular weight is 389 g/mol. The first-order valence-corrected chi connectivity index (χ1v) is 10.2. The van der Waals surface area contributed by atoms with Gasteiger partial charge < -0.3 is 14.2 Å². The minimum Gasteiger partial charge on any atom is -0.484 e. The van der Waals surface area contributed by atoms with Gasteiger partial charge in [-0.1, -0.05) is 42.5 Å². The molecule has 5 heteroatoms. The zero-order valence-corrected chi connectivity index (χ0v) is 16.8. The molecule has 4 rings (SSSR count). The Morgan fingerprint density at radius 2 is 1.90 bits per heavy atom. The van der Waals surface area contributed by atoms with Gasteiger partial charge in [0.2, 0.25) is 0 Å². The summed E-state index contributed by atoms with van der Waals surface area (Å²) in [6.45, 7) is 4.63. The summed E-state index contributed by atoms with van der Waals surface area (Å²) in [6.07, 6.45) is 5.92. The summed E-state index contributed by atoms with van der Waals surface area (Å²) in [4.78, 5) is 19.0. The maximum Gasteiger partial charge on any atom is 0.260 e. The van der Waals surface area contributed by atoms with Crippen LogP contribution in [0.3, 0.4) is 0 Å². The van der Waals surface area contributed by atoms with Gasteiger partial charge in [0, 0.05) is 37.6 Å². The first kappa shape index (κ1) is 19.2. The summed E-state index contributed by atoms with van der Waals surface area (Å²) >= 11 is 0. The molecule has 1 aliphatic heterocycles. The Labute approximate surface area is 171 Å². The molecule has 0 unspecified atom stereocenters. The third kappa shape index (κ3) is 4.86. The van der Waals surface area contributed by atoms with Crippen LogP contribution in [-0.4, -0.2) is 40.1 Å². The SMILES string of the molecule is Cc1cccc(OCC(=O)N2CCC(Cn3ccnc3-c3ccccc3)CC2)c1. The lowest BCUT2D eigenvalue weighted by Gasteiger charge is -2.32. The van der Waals surface area contributed by atoms with Gasteiger partial charge in [0.15, 0.2) is 6.61 Å².